The van der Waals surface area contributed by atoms with E-state index in [-0.39, 0.29) is 25.4 Å². The van der Waals surface area contributed by atoms with Gasteiger partial charge in [-0.05, 0) is 33.3 Å². The minimum atomic E-state index is -3.68. The van der Waals surface area contributed by atoms with Gasteiger partial charge in [-0.2, -0.15) is 8.42 Å². The standard InChI is InChI=1S/C18H31O9PS/c1-15(2)26-28(19,27-16(3)4)14-23-25-18(13-24-29(5,20)21)12-22-11-17-9-7-6-8-10-17/h6-10,15-16,18H,11-14H2,1-5H3. The molecule has 0 aliphatic heterocycles. The van der Waals surface area contributed by atoms with Crippen molar-refractivity contribution in [3.05, 3.63) is 35.9 Å². The Kier molecular flexibility index (Phi) is 11.5. The molecular weight excluding hydrogens is 423 g/mol. The second kappa shape index (κ2) is 12.8. The Bertz CT molecular complexity index is 708. The second-order valence-electron chi connectivity index (χ2n) is 6.87. The van der Waals surface area contributed by atoms with E-state index >= 15 is 0 Å². The van der Waals surface area contributed by atoms with Gasteiger partial charge in [0.2, 0.25) is 0 Å². The summed E-state index contributed by atoms with van der Waals surface area (Å²) >= 11 is 0. The van der Waals surface area contributed by atoms with Gasteiger partial charge < -0.3 is 13.8 Å². The maximum atomic E-state index is 12.7. The van der Waals surface area contributed by atoms with Gasteiger partial charge in [-0.15, -0.1) is 0 Å². The molecule has 1 aromatic rings. The van der Waals surface area contributed by atoms with Gasteiger partial charge in [0.05, 0.1) is 38.3 Å². The zero-order chi connectivity index (χ0) is 21.9. The monoisotopic (exact) mass is 454 g/mol. The predicted octanol–water partition coefficient (Wildman–Crippen LogP) is 3.50. The van der Waals surface area contributed by atoms with Crippen LogP contribution in [0.15, 0.2) is 30.3 Å². The zero-order valence-corrected chi connectivity index (χ0v) is 19.2. The first-order valence-electron chi connectivity index (χ1n) is 9.19. The summed E-state index contributed by atoms with van der Waals surface area (Å²) in [4.78, 5) is 10.3. The Balaban J connectivity index is 2.60. The molecule has 1 rings (SSSR count). The van der Waals surface area contributed by atoms with Crippen molar-refractivity contribution >= 4 is 17.7 Å². The van der Waals surface area contributed by atoms with Gasteiger partial charge >= 0.3 is 7.60 Å². The molecule has 9 nitrogen and oxygen atoms in total. The first-order chi connectivity index (χ1) is 13.5. The minimum absolute atomic E-state index is 0.00914. The van der Waals surface area contributed by atoms with E-state index in [2.05, 4.69) is 0 Å². The zero-order valence-electron chi connectivity index (χ0n) is 17.5. The second-order valence-corrected chi connectivity index (χ2v) is 10.4. The SMILES string of the molecule is CC(C)OP(=O)(COOC(COCc1ccccc1)COS(C)(=O)=O)OC(C)C. The third-order valence-corrected chi connectivity index (χ3v) is 5.51. The molecule has 0 N–H and O–H groups in total. The maximum absolute atomic E-state index is 12.7. The van der Waals surface area contributed by atoms with Crippen molar-refractivity contribution in [2.45, 2.75) is 52.6 Å². The predicted molar refractivity (Wildman–Crippen MR) is 108 cm³/mol. The number of hydrogen-bond donors (Lipinski definition) is 0. The molecule has 1 aromatic carbocycles. The van der Waals surface area contributed by atoms with Crippen molar-refractivity contribution in [1.82, 2.24) is 0 Å². The molecule has 0 saturated heterocycles. The van der Waals surface area contributed by atoms with Crippen LogP contribution >= 0.6 is 7.60 Å². The van der Waals surface area contributed by atoms with Crippen molar-refractivity contribution in [1.29, 1.82) is 0 Å². The van der Waals surface area contributed by atoms with Crippen LogP contribution in [0.2, 0.25) is 0 Å². The molecule has 0 bridgehead atoms. The molecule has 0 radical (unpaired) electrons. The van der Waals surface area contributed by atoms with E-state index in [4.69, 9.17) is 27.7 Å². The quantitative estimate of drug-likeness (QED) is 0.170. The molecule has 1 unspecified atom stereocenters. The fraction of sp³-hybridized carbons (Fsp3) is 0.667. The molecule has 0 fully saturated rings. The topological polar surface area (TPSA) is 107 Å². The summed E-state index contributed by atoms with van der Waals surface area (Å²) in [5.41, 5.74) is 0.941. The molecule has 1 atom stereocenters. The highest BCUT2D eigenvalue weighted by Crippen LogP contribution is 2.50. The lowest BCUT2D eigenvalue weighted by atomic mass is 10.2. The van der Waals surface area contributed by atoms with Crippen LogP contribution in [0.1, 0.15) is 33.3 Å². The van der Waals surface area contributed by atoms with Crippen LogP contribution < -0.4 is 0 Å². The third-order valence-electron chi connectivity index (χ3n) is 3.04. The van der Waals surface area contributed by atoms with Crippen molar-refractivity contribution < 1.29 is 40.7 Å². The fourth-order valence-electron chi connectivity index (χ4n) is 2.10. The smallest absolute Gasteiger partial charge is 0.359 e. The van der Waals surface area contributed by atoms with Crippen LogP contribution in [0.25, 0.3) is 0 Å². The Morgan fingerprint density at radius 2 is 1.55 bits per heavy atom. The number of benzene rings is 1. The van der Waals surface area contributed by atoms with Crippen molar-refractivity contribution in [2.24, 2.45) is 0 Å². The summed E-state index contributed by atoms with van der Waals surface area (Å²) < 4.78 is 56.3. The maximum Gasteiger partial charge on any atom is 0.359 e. The first-order valence-corrected chi connectivity index (χ1v) is 12.7. The molecule has 0 aromatic heterocycles. The van der Waals surface area contributed by atoms with E-state index in [1.807, 2.05) is 30.3 Å². The molecule has 168 valence electrons. The fourth-order valence-corrected chi connectivity index (χ4v) is 4.15. The van der Waals surface area contributed by atoms with Gasteiger partial charge in [-0.1, -0.05) is 30.3 Å². The summed E-state index contributed by atoms with van der Waals surface area (Å²) in [6.45, 7) is 6.84. The van der Waals surface area contributed by atoms with Gasteiger partial charge in [-0.3, -0.25) is 8.75 Å². The molecular formula is C18H31O9PS. The van der Waals surface area contributed by atoms with Gasteiger partial charge in [-0.25, -0.2) is 9.78 Å². The van der Waals surface area contributed by atoms with Crippen LogP contribution in [0.3, 0.4) is 0 Å². The van der Waals surface area contributed by atoms with Crippen molar-refractivity contribution in [3.8, 4) is 0 Å². The van der Waals surface area contributed by atoms with Crippen molar-refractivity contribution in [3.63, 3.8) is 0 Å². The Morgan fingerprint density at radius 1 is 0.966 bits per heavy atom. The lowest BCUT2D eigenvalue weighted by molar-refractivity contribution is -0.324. The van der Waals surface area contributed by atoms with Gasteiger partial charge in [0.25, 0.3) is 10.1 Å². The van der Waals surface area contributed by atoms with E-state index in [1.165, 1.54) is 0 Å². The van der Waals surface area contributed by atoms with E-state index in [9.17, 15) is 13.0 Å². The van der Waals surface area contributed by atoms with Crippen LogP contribution in [-0.4, -0.2) is 52.5 Å². The highest BCUT2D eigenvalue weighted by molar-refractivity contribution is 7.85. The molecule has 0 aliphatic carbocycles. The summed E-state index contributed by atoms with van der Waals surface area (Å²) in [5, 5.41) is 0. The average molecular weight is 454 g/mol. The average Bonchev–Trinajstić information content (AvgIpc) is 2.57. The van der Waals surface area contributed by atoms with Crippen LogP contribution in [0, 0.1) is 0 Å². The largest absolute Gasteiger partial charge is 0.374 e. The lowest BCUT2D eigenvalue weighted by Crippen LogP contribution is -2.27. The van der Waals surface area contributed by atoms with Crippen LogP contribution in [0.4, 0.5) is 0 Å². The summed E-state index contributed by atoms with van der Waals surface area (Å²) in [6.07, 6.45) is -1.10. The summed E-state index contributed by atoms with van der Waals surface area (Å²) in [6, 6.07) is 9.43. The van der Waals surface area contributed by atoms with E-state index in [0.29, 0.717) is 6.61 Å². The molecule has 0 heterocycles. The molecule has 0 saturated carbocycles. The number of ether oxygens (including phenoxy) is 1. The summed E-state index contributed by atoms with van der Waals surface area (Å²) in [5.74, 6) is 0. The Hall–Kier alpha value is -0.840. The molecule has 0 aliphatic rings. The molecule has 11 heteroatoms. The normalized spacial score (nSPS) is 13.9. The molecule has 0 amide bonds. The van der Waals surface area contributed by atoms with Gasteiger partial charge in [0, 0.05) is 0 Å². The van der Waals surface area contributed by atoms with E-state index in [0.717, 1.165) is 11.8 Å². The van der Waals surface area contributed by atoms with Crippen molar-refractivity contribution in [2.75, 3.05) is 25.8 Å². The minimum Gasteiger partial charge on any atom is -0.374 e. The molecule has 0 spiro atoms. The molecule has 29 heavy (non-hydrogen) atoms. The summed E-state index contributed by atoms with van der Waals surface area (Å²) in [7, 11) is -7.24. The lowest BCUT2D eigenvalue weighted by Gasteiger charge is -2.23. The van der Waals surface area contributed by atoms with Gasteiger partial charge in [0.1, 0.15) is 6.10 Å². The highest BCUT2D eigenvalue weighted by Gasteiger charge is 2.29. The highest BCUT2D eigenvalue weighted by atomic mass is 32.2. The Labute approximate surface area is 173 Å². The third kappa shape index (κ3) is 13.1. The van der Waals surface area contributed by atoms with Crippen LogP contribution in [0.5, 0.6) is 0 Å². The van der Waals surface area contributed by atoms with E-state index in [1.54, 1.807) is 27.7 Å². The number of hydrogen-bond acceptors (Lipinski definition) is 9. The van der Waals surface area contributed by atoms with E-state index < -0.39 is 30.2 Å². The Morgan fingerprint density at radius 3 is 2.07 bits per heavy atom. The van der Waals surface area contributed by atoms with Crippen LogP contribution in [-0.2, 0) is 49.0 Å². The number of rotatable bonds is 15. The van der Waals surface area contributed by atoms with Gasteiger partial charge in [0.15, 0.2) is 6.35 Å². The first kappa shape index (κ1) is 26.2.